The molecule has 0 saturated carbocycles. The van der Waals surface area contributed by atoms with Crippen LogP contribution in [0.5, 0.6) is 0 Å². The fraction of sp³-hybridized carbons (Fsp3) is 0.100. The maximum absolute atomic E-state index is 11.4. The van der Waals surface area contributed by atoms with Crippen molar-refractivity contribution in [3.05, 3.63) is 51.6 Å². The summed E-state index contributed by atoms with van der Waals surface area (Å²) in [4.78, 5) is 13.9. The smallest absolute Gasteiger partial charge is 0.252 e. The quantitative estimate of drug-likeness (QED) is 0.361. The SMILES string of the molecule is [N-]=[N+]=NC(=O)c1ccoc1CSc1cccs1. The Labute approximate surface area is 105 Å². The number of hydrogen-bond donors (Lipinski definition) is 0. The molecule has 0 aliphatic heterocycles. The molecule has 86 valence electrons. The van der Waals surface area contributed by atoms with E-state index in [1.165, 1.54) is 12.3 Å². The summed E-state index contributed by atoms with van der Waals surface area (Å²) in [5.74, 6) is 0.457. The highest BCUT2D eigenvalue weighted by atomic mass is 32.2. The molecule has 1 amide bonds. The Balaban J connectivity index is 2.09. The number of thioether (sulfide) groups is 1. The van der Waals surface area contributed by atoms with Gasteiger partial charge in [0.25, 0.3) is 5.91 Å². The minimum absolute atomic E-state index is 0.326. The highest BCUT2D eigenvalue weighted by Crippen LogP contribution is 2.28. The number of azide groups is 1. The third kappa shape index (κ3) is 2.91. The van der Waals surface area contributed by atoms with E-state index in [9.17, 15) is 4.79 Å². The molecule has 0 aliphatic rings. The highest BCUT2D eigenvalue weighted by molar-refractivity contribution is 8.00. The maximum atomic E-state index is 11.4. The molecule has 5 nitrogen and oxygen atoms in total. The van der Waals surface area contributed by atoms with E-state index >= 15 is 0 Å². The van der Waals surface area contributed by atoms with E-state index < -0.39 is 5.91 Å². The number of rotatable bonds is 4. The predicted octanol–water partition coefficient (Wildman–Crippen LogP) is 4.08. The van der Waals surface area contributed by atoms with Crippen LogP contribution in [0.3, 0.4) is 0 Å². The van der Waals surface area contributed by atoms with Crippen molar-refractivity contribution in [2.75, 3.05) is 0 Å². The summed E-state index contributed by atoms with van der Waals surface area (Å²) < 4.78 is 6.35. The number of carbonyl (C=O) groups is 1. The van der Waals surface area contributed by atoms with Gasteiger partial charge in [0.1, 0.15) is 5.76 Å². The van der Waals surface area contributed by atoms with Gasteiger partial charge >= 0.3 is 0 Å². The lowest BCUT2D eigenvalue weighted by Crippen LogP contribution is -1.94. The van der Waals surface area contributed by atoms with Gasteiger partial charge in [0.2, 0.25) is 0 Å². The van der Waals surface area contributed by atoms with Gasteiger partial charge in [-0.05, 0) is 28.2 Å². The van der Waals surface area contributed by atoms with Crippen LogP contribution in [0.4, 0.5) is 0 Å². The Morgan fingerprint density at radius 2 is 2.47 bits per heavy atom. The molecule has 0 saturated heterocycles. The molecule has 0 radical (unpaired) electrons. The zero-order chi connectivity index (χ0) is 12.1. The highest BCUT2D eigenvalue weighted by Gasteiger charge is 2.13. The molecule has 2 aromatic heterocycles. The number of furan rings is 1. The van der Waals surface area contributed by atoms with Gasteiger partial charge in [-0.3, -0.25) is 4.79 Å². The van der Waals surface area contributed by atoms with Crippen LogP contribution in [0, 0.1) is 0 Å². The van der Waals surface area contributed by atoms with Crippen molar-refractivity contribution in [2.24, 2.45) is 5.11 Å². The zero-order valence-electron chi connectivity index (χ0n) is 8.57. The maximum Gasteiger partial charge on any atom is 0.252 e. The first kappa shape index (κ1) is 11.8. The average Bonchev–Trinajstić information content (AvgIpc) is 2.98. The molecule has 0 N–H and O–H groups in total. The van der Waals surface area contributed by atoms with E-state index in [0.29, 0.717) is 17.1 Å². The topological polar surface area (TPSA) is 79.0 Å². The minimum atomic E-state index is -0.608. The first-order chi connectivity index (χ1) is 8.31. The summed E-state index contributed by atoms with van der Waals surface area (Å²) in [5, 5.41) is 5.03. The van der Waals surface area contributed by atoms with Crippen LogP contribution in [-0.4, -0.2) is 5.91 Å². The molecule has 0 atom stereocenters. The molecule has 0 bridgehead atoms. The number of hydrogen-bond acceptors (Lipinski definition) is 4. The van der Waals surface area contributed by atoms with Crippen LogP contribution < -0.4 is 0 Å². The molecule has 0 fully saturated rings. The summed E-state index contributed by atoms with van der Waals surface area (Å²) in [6.45, 7) is 0. The van der Waals surface area contributed by atoms with Crippen LogP contribution in [0.1, 0.15) is 16.1 Å². The Bertz CT molecular complexity index is 556. The second-order valence-corrected chi connectivity index (χ2v) is 5.20. The van der Waals surface area contributed by atoms with Gasteiger partial charge < -0.3 is 4.42 Å². The monoisotopic (exact) mass is 265 g/mol. The number of nitrogens with zero attached hydrogens (tertiary/aromatic N) is 3. The second kappa shape index (κ2) is 5.58. The van der Waals surface area contributed by atoms with Crippen molar-refractivity contribution < 1.29 is 9.21 Å². The largest absolute Gasteiger partial charge is 0.468 e. The van der Waals surface area contributed by atoms with Crippen LogP contribution in [0.25, 0.3) is 10.4 Å². The summed E-state index contributed by atoms with van der Waals surface area (Å²) in [5.41, 5.74) is 8.54. The van der Waals surface area contributed by atoms with Crippen LogP contribution in [0.2, 0.25) is 0 Å². The predicted molar refractivity (Wildman–Crippen MR) is 66.1 cm³/mol. The molecule has 0 aliphatic carbocycles. The van der Waals surface area contributed by atoms with E-state index in [0.717, 1.165) is 4.21 Å². The van der Waals surface area contributed by atoms with E-state index in [2.05, 4.69) is 10.0 Å². The lowest BCUT2D eigenvalue weighted by atomic mass is 10.2. The van der Waals surface area contributed by atoms with Crippen molar-refractivity contribution in [2.45, 2.75) is 9.96 Å². The molecule has 2 heterocycles. The lowest BCUT2D eigenvalue weighted by molar-refractivity contribution is 0.0999. The number of carbonyl (C=O) groups excluding carboxylic acids is 1. The third-order valence-electron chi connectivity index (χ3n) is 1.95. The first-order valence-electron chi connectivity index (χ1n) is 4.63. The molecular formula is C10H7N3O2S2. The van der Waals surface area contributed by atoms with Gasteiger partial charge in [0.15, 0.2) is 0 Å². The standard InChI is InChI=1S/C10H7N3O2S2/c11-13-12-10(14)7-3-4-15-8(7)6-17-9-2-1-5-16-9/h1-5H,6H2. The van der Waals surface area contributed by atoms with Crippen LogP contribution in [-0.2, 0) is 5.75 Å². The first-order valence-corrected chi connectivity index (χ1v) is 6.50. The molecular weight excluding hydrogens is 258 g/mol. The van der Waals surface area contributed by atoms with Crippen molar-refractivity contribution in [3.63, 3.8) is 0 Å². The van der Waals surface area contributed by atoms with Crippen molar-refractivity contribution in [3.8, 4) is 0 Å². The summed E-state index contributed by atoms with van der Waals surface area (Å²) >= 11 is 3.20. The second-order valence-electron chi connectivity index (χ2n) is 2.97. The lowest BCUT2D eigenvalue weighted by Gasteiger charge is -1.97. The zero-order valence-corrected chi connectivity index (χ0v) is 10.2. The molecule has 0 spiro atoms. The summed E-state index contributed by atoms with van der Waals surface area (Å²) in [7, 11) is 0. The molecule has 2 rings (SSSR count). The van der Waals surface area contributed by atoms with Crippen LogP contribution >= 0.6 is 23.1 Å². The van der Waals surface area contributed by atoms with Crippen LogP contribution in [0.15, 0.2) is 43.6 Å². The number of thiophene rings is 1. The van der Waals surface area contributed by atoms with Gasteiger partial charge in [-0.1, -0.05) is 6.07 Å². The van der Waals surface area contributed by atoms with Gasteiger partial charge in [0.05, 0.1) is 21.8 Å². The van der Waals surface area contributed by atoms with Gasteiger partial charge in [-0.2, -0.15) is 0 Å². The van der Waals surface area contributed by atoms with Gasteiger partial charge in [-0.25, -0.2) is 0 Å². The van der Waals surface area contributed by atoms with E-state index in [1.807, 2.05) is 17.5 Å². The molecule has 0 unspecified atom stereocenters. The Hall–Kier alpha value is -1.69. The Kier molecular flexibility index (Phi) is 3.87. The molecule has 2 aromatic rings. The third-order valence-corrected chi connectivity index (χ3v) is 4.08. The van der Waals surface area contributed by atoms with Crippen molar-refractivity contribution in [1.82, 2.24) is 0 Å². The normalized spacial score (nSPS) is 9.88. The van der Waals surface area contributed by atoms with Crippen molar-refractivity contribution in [1.29, 1.82) is 0 Å². The summed E-state index contributed by atoms with van der Waals surface area (Å²) in [6.07, 6.45) is 1.42. The Morgan fingerprint density at radius 3 is 3.18 bits per heavy atom. The van der Waals surface area contributed by atoms with Crippen molar-refractivity contribution >= 4 is 29.0 Å². The van der Waals surface area contributed by atoms with E-state index in [-0.39, 0.29) is 0 Å². The van der Waals surface area contributed by atoms with E-state index in [1.54, 1.807) is 23.1 Å². The minimum Gasteiger partial charge on any atom is -0.468 e. The molecule has 0 aromatic carbocycles. The van der Waals surface area contributed by atoms with E-state index in [4.69, 9.17) is 9.95 Å². The van der Waals surface area contributed by atoms with Gasteiger partial charge in [0, 0.05) is 4.91 Å². The Morgan fingerprint density at radius 1 is 1.59 bits per heavy atom. The van der Waals surface area contributed by atoms with Gasteiger partial charge in [-0.15, -0.1) is 23.1 Å². The average molecular weight is 265 g/mol. The fourth-order valence-corrected chi connectivity index (χ4v) is 2.96. The molecule has 17 heavy (non-hydrogen) atoms. The summed E-state index contributed by atoms with van der Waals surface area (Å²) in [6, 6.07) is 5.47. The fourth-order valence-electron chi connectivity index (χ4n) is 1.22. The number of amides is 1. The molecule has 7 heteroatoms.